The molecule has 7 heteroatoms. The van der Waals surface area contributed by atoms with Gasteiger partial charge in [0.1, 0.15) is 5.75 Å². The first-order valence-corrected chi connectivity index (χ1v) is 10.8. The van der Waals surface area contributed by atoms with Crippen molar-refractivity contribution in [3.63, 3.8) is 0 Å². The fraction of sp³-hybridized carbons (Fsp3) is 0.231. The van der Waals surface area contributed by atoms with Gasteiger partial charge in [-0.2, -0.15) is 0 Å². The molecular formula is C26H26N2O5. The number of methoxy groups -OCH3 is 1. The quantitative estimate of drug-likeness (QED) is 0.495. The van der Waals surface area contributed by atoms with Crippen LogP contribution in [0.15, 0.2) is 82.7 Å². The molecule has 3 aromatic rings. The molecule has 0 fully saturated rings. The summed E-state index contributed by atoms with van der Waals surface area (Å²) in [5.41, 5.74) is 2.22. The van der Waals surface area contributed by atoms with Gasteiger partial charge in [0, 0.05) is 30.5 Å². The lowest BCUT2D eigenvalue weighted by Crippen LogP contribution is -2.31. The summed E-state index contributed by atoms with van der Waals surface area (Å²) in [6.07, 6.45) is 1.38. The maximum atomic E-state index is 13.3. The van der Waals surface area contributed by atoms with Crippen LogP contribution in [0.5, 0.6) is 5.75 Å². The minimum atomic E-state index is -0.826. The molecule has 4 rings (SSSR count). The molecule has 0 radical (unpaired) electrons. The Labute approximate surface area is 192 Å². The highest BCUT2D eigenvalue weighted by molar-refractivity contribution is 6.20. The zero-order valence-electron chi connectivity index (χ0n) is 18.8. The number of hydrogen-bond acceptors (Lipinski definition) is 6. The van der Waals surface area contributed by atoms with Crippen LogP contribution in [0, 0.1) is 0 Å². The molecule has 1 unspecified atom stereocenters. The zero-order valence-corrected chi connectivity index (χ0v) is 18.8. The normalized spacial score (nSPS) is 15.8. The molecule has 33 heavy (non-hydrogen) atoms. The Morgan fingerprint density at radius 1 is 1.09 bits per heavy atom. The number of aliphatic hydroxyl groups is 1. The summed E-state index contributed by atoms with van der Waals surface area (Å²) < 4.78 is 10.6. The van der Waals surface area contributed by atoms with Crippen molar-refractivity contribution in [3.8, 4) is 5.75 Å². The number of Topliss-reactive ketones (excluding diaryl/α,β-unsaturated/α-hetero) is 1. The van der Waals surface area contributed by atoms with E-state index < -0.39 is 23.5 Å². The second kappa shape index (κ2) is 9.24. The minimum Gasteiger partial charge on any atom is -0.503 e. The Bertz CT molecular complexity index is 1180. The predicted molar refractivity (Wildman–Crippen MR) is 126 cm³/mol. The molecular weight excluding hydrogens is 420 g/mol. The first kappa shape index (κ1) is 22.2. The number of amides is 1. The van der Waals surface area contributed by atoms with E-state index in [1.807, 2.05) is 24.3 Å². The number of anilines is 2. The molecule has 0 spiro atoms. The van der Waals surface area contributed by atoms with E-state index in [1.165, 1.54) is 24.3 Å². The van der Waals surface area contributed by atoms with Crippen molar-refractivity contribution < 1.29 is 23.8 Å². The van der Waals surface area contributed by atoms with Crippen LogP contribution in [0.3, 0.4) is 0 Å². The SMILES string of the molecule is CCN(CC)c1ccc(C2C(C(=O)c3ccco3)=C(O)C(=O)N2c2cccc(OC)c2)cc1. The van der Waals surface area contributed by atoms with E-state index in [-0.39, 0.29) is 11.3 Å². The van der Waals surface area contributed by atoms with Crippen molar-refractivity contribution >= 4 is 23.1 Å². The summed E-state index contributed by atoms with van der Waals surface area (Å²) in [6.45, 7) is 5.88. The van der Waals surface area contributed by atoms with Crippen molar-refractivity contribution in [2.24, 2.45) is 0 Å². The molecule has 0 bridgehead atoms. The number of rotatable bonds is 8. The number of carbonyl (C=O) groups is 2. The third-order valence-electron chi connectivity index (χ3n) is 5.87. The topological polar surface area (TPSA) is 83.2 Å². The molecule has 2 aromatic carbocycles. The Morgan fingerprint density at radius 2 is 1.82 bits per heavy atom. The number of aliphatic hydroxyl groups excluding tert-OH is 1. The fourth-order valence-corrected chi connectivity index (χ4v) is 4.18. The lowest BCUT2D eigenvalue weighted by atomic mass is 9.94. The van der Waals surface area contributed by atoms with Crippen LogP contribution in [0.4, 0.5) is 11.4 Å². The summed E-state index contributed by atoms with van der Waals surface area (Å²) in [4.78, 5) is 30.1. The highest BCUT2D eigenvalue weighted by Crippen LogP contribution is 2.43. The van der Waals surface area contributed by atoms with E-state index >= 15 is 0 Å². The molecule has 0 saturated heterocycles. The molecule has 1 atom stereocenters. The molecule has 1 N–H and O–H groups in total. The number of carbonyl (C=O) groups excluding carboxylic acids is 2. The number of furan rings is 1. The Kier molecular flexibility index (Phi) is 6.22. The molecule has 0 aliphatic carbocycles. The van der Waals surface area contributed by atoms with Crippen LogP contribution in [-0.2, 0) is 4.79 Å². The van der Waals surface area contributed by atoms with Crippen molar-refractivity contribution in [2.75, 3.05) is 30.0 Å². The first-order valence-electron chi connectivity index (χ1n) is 10.8. The molecule has 7 nitrogen and oxygen atoms in total. The van der Waals surface area contributed by atoms with Crippen LogP contribution >= 0.6 is 0 Å². The summed E-state index contributed by atoms with van der Waals surface area (Å²) >= 11 is 0. The van der Waals surface area contributed by atoms with Crippen LogP contribution in [0.1, 0.15) is 36.0 Å². The van der Waals surface area contributed by atoms with Gasteiger partial charge < -0.3 is 19.2 Å². The van der Waals surface area contributed by atoms with Crippen molar-refractivity contribution in [1.29, 1.82) is 0 Å². The Balaban J connectivity index is 1.84. The fourth-order valence-electron chi connectivity index (χ4n) is 4.18. The summed E-state index contributed by atoms with van der Waals surface area (Å²) in [6, 6.07) is 16.9. The van der Waals surface area contributed by atoms with Gasteiger partial charge in [-0.05, 0) is 55.8 Å². The molecule has 170 valence electrons. The van der Waals surface area contributed by atoms with E-state index in [0.29, 0.717) is 17.0 Å². The summed E-state index contributed by atoms with van der Waals surface area (Å²) in [7, 11) is 1.54. The highest BCUT2D eigenvalue weighted by Gasteiger charge is 2.45. The summed E-state index contributed by atoms with van der Waals surface area (Å²) in [5.74, 6) is -1.16. The van der Waals surface area contributed by atoms with Crippen molar-refractivity contribution in [1.82, 2.24) is 0 Å². The Hall–Kier alpha value is -4.00. The average Bonchev–Trinajstić information content (AvgIpc) is 3.47. The van der Waals surface area contributed by atoms with Gasteiger partial charge >= 0.3 is 0 Å². The van der Waals surface area contributed by atoms with Gasteiger partial charge in [0.15, 0.2) is 11.5 Å². The average molecular weight is 447 g/mol. The van der Waals surface area contributed by atoms with E-state index in [1.54, 1.807) is 30.3 Å². The van der Waals surface area contributed by atoms with Crippen LogP contribution in [0.2, 0.25) is 0 Å². The van der Waals surface area contributed by atoms with Gasteiger partial charge in [0.05, 0.1) is 25.0 Å². The molecule has 1 amide bonds. The van der Waals surface area contributed by atoms with Crippen molar-refractivity contribution in [2.45, 2.75) is 19.9 Å². The number of ketones is 1. The zero-order chi connectivity index (χ0) is 23.5. The number of benzene rings is 2. The Morgan fingerprint density at radius 3 is 2.42 bits per heavy atom. The number of hydrogen-bond donors (Lipinski definition) is 1. The molecule has 1 aromatic heterocycles. The largest absolute Gasteiger partial charge is 0.503 e. The summed E-state index contributed by atoms with van der Waals surface area (Å²) in [5, 5.41) is 10.8. The monoisotopic (exact) mass is 446 g/mol. The maximum Gasteiger partial charge on any atom is 0.294 e. The first-order chi connectivity index (χ1) is 16.0. The predicted octanol–water partition coefficient (Wildman–Crippen LogP) is 4.92. The third-order valence-corrected chi connectivity index (χ3v) is 5.87. The van der Waals surface area contributed by atoms with E-state index in [0.717, 1.165) is 18.8 Å². The highest BCUT2D eigenvalue weighted by atomic mass is 16.5. The van der Waals surface area contributed by atoms with Gasteiger partial charge in [-0.25, -0.2) is 0 Å². The van der Waals surface area contributed by atoms with Gasteiger partial charge in [-0.1, -0.05) is 18.2 Å². The van der Waals surface area contributed by atoms with E-state index in [9.17, 15) is 14.7 Å². The molecule has 0 saturated carbocycles. The standard InChI is InChI=1S/C26H26N2O5/c1-4-27(5-2)18-13-11-17(12-14-18)23-22(24(29)21-10-7-15-33-21)25(30)26(31)28(23)19-8-6-9-20(16-19)32-3/h6-16,23,30H,4-5H2,1-3H3. The van der Waals surface area contributed by atoms with Crippen LogP contribution in [-0.4, -0.2) is 37.0 Å². The van der Waals surface area contributed by atoms with Crippen LogP contribution in [0.25, 0.3) is 0 Å². The number of ether oxygens (including phenoxy) is 1. The van der Waals surface area contributed by atoms with E-state index in [2.05, 4.69) is 18.7 Å². The second-order valence-electron chi connectivity index (χ2n) is 7.61. The maximum absolute atomic E-state index is 13.3. The van der Waals surface area contributed by atoms with Crippen LogP contribution < -0.4 is 14.5 Å². The molecule has 1 aliphatic rings. The minimum absolute atomic E-state index is 0.0200. The van der Waals surface area contributed by atoms with Gasteiger partial charge in [0.2, 0.25) is 5.78 Å². The van der Waals surface area contributed by atoms with Gasteiger partial charge in [0.25, 0.3) is 5.91 Å². The second-order valence-corrected chi connectivity index (χ2v) is 7.61. The lowest BCUT2D eigenvalue weighted by Gasteiger charge is -2.28. The van der Waals surface area contributed by atoms with E-state index in [4.69, 9.17) is 9.15 Å². The third kappa shape index (κ3) is 3.98. The van der Waals surface area contributed by atoms with Crippen molar-refractivity contribution in [3.05, 3.63) is 89.6 Å². The van der Waals surface area contributed by atoms with Gasteiger partial charge in [-0.3, -0.25) is 14.5 Å². The molecule has 2 heterocycles. The smallest absolute Gasteiger partial charge is 0.294 e. The lowest BCUT2D eigenvalue weighted by molar-refractivity contribution is -0.117. The number of nitrogens with zero attached hydrogens (tertiary/aromatic N) is 2. The molecule has 1 aliphatic heterocycles. The van der Waals surface area contributed by atoms with Gasteiger partial charge in [-0.15, -0.1) is 0 Å².